The summed E-state index contributed by atoms with van der Waals surface area (Å²) in [6.45, 7) is 0. The van der Waals surface area contributed by atoms with Gasteiger partial charge in [-0.05, 0) is 237 Å². The van der Waals surface area contributed by atoms with Crippen LogP contribution in [0.3, 0.4) is 0 Å². The average molecular weight is 1590 g/mol. The zero-order valence-corrected chi connectivity index (χ0v) is 68.2. The molecule has 3 aromatic heterocycles. The lowest BCUT2D eigenvalue weighted by atomic mass is 10.0. The van der Waals surface area contributed by atoms with E-state index in [9.17, 15) is 0 Å². The van der Waals surface area contributed by atoms with Crippen LogP contribution in [0.25, 0.3) is 138 Å². The molecular formula is C118H84N6. The largest absolute Gasteiger partial charge is 0.311 e. The average Bonchev–Trinajstić information content (AvgIpc) is 1.58. The topological polar surface area (TPSA) is 24.5 Å². The Morgan fingerprint density at radius 2 is 0.315 bits per heavy atom. The quantitative estimate of drug-likeness (QED) is 0.0964. The van der Waals surface area contributed by atoms with Crippen molar-refractivity contribution in [1.82, 2.24) is 13.7 Å². The molecule has 20 aromatic carbocycles. The summed E-state index contributed by atoms with van der Waals surface area (Å²) in [6.07, 6.45) is 0. The first kappa shape index (κ1) is 75.0. The molecule has 6 heteroatoms. The third kappa shape index (κ3) is 14.6. The molecule has 0 N–H and O–H groups in total. The van der Waals surface area contributed by atoms with E-state index in [-0.39, 0.29) is 0 Å². The van der Waals surface area contributed by atoms with Gasteiger partial charge in [-0.3, -0.25) is 0 Å². The molecule has 23 rings (SSSR count). The van der Waals surface area contributed by atoms with E-state index in [1.54, 1.807) is 0 Å². The van der Waals surface area contributed by atoms with Gasteiger partial charge in [-0.1, -0.05) is 328 Å². The number of fused-ring (bicyclic) bond motifs is 11. The lowest BCUT2D eigenvalue weighted by molar-refractivity contribution is 1.17. The molecule has 0 saturated heterocycles. The molecule has 6 nitrogen and oxygen atoms in total. The summed E-state index contributed by atoms with van der Waals surface area (Å²) < 4.78 is 7.11. The first-order chi connectivity index (χ1) is 61.5. The van der Waals surface area contributed by atoms with E-state index in [1.165, 1.54) is 121 Å². The molecular weight excluding hydrogens is 1500 g/mol. The Morgan fingerprint density at radius 3 is 0.597 bits per heavy atom. The number of nitrogens with zero attached hydrogens (tertiary/aromatic N) is 6. The van der Waals surface area contributed by atoms with Gasteiger partial charge in [0.1, 0.15) is 0 Å². The highest BCUT2D eigenvalue weighted by atomic mass is 15.2. The predicted octanol–water partition coefficient (Wildman–Crippen LogP) is 32.6. The van der Waals surface area contributed by atoms with Crippen molar-refractivity contribution < 1.29 is 0 Å². The van der Waals surface area contributed by atoms with Crippen LogP contribution in [0, 0.1) is 0 Å². The summed E-state index contributed by atoms with van der Waals surface area (Å²) in [4.78, 5) is 6.96. The Bertz CT molecular complexity index is 7320. The third-order valence-electron chi connectivity index (χ3n) is 23.8. The molecule has 0 saturated carbocycles. The zero-order chi connectivity index (χ0) is 82.5. The van der Waals surface area contributed by atoms with Gasteiger partial charge in [0.2, 0.25) is 0 Å². The second-order valence-corrected chi connectivity index (χ2v) is 31.2. The Morgan fingerprint density at radius 1 is 0.121 bits per heavy atom. The van der Waals surface area contributed by atoms with E-state index >= 15 is 0 Å². The molecule has 0 unspecified atom stereocenters. The van der Waals surface area contributed by atoms with Gasteiger partial charge in [0.15, 0.2) is 0 Å². The normalized spacial score (nSPS) is 11.2. The van der Waals surface area contributed by atoms with Crippen molar-refractivity contribution in [3.63, 3.8) is 0 Å². The fourth-order valence-corrected chi connectivity index (χ4v) is 17.9. The minimum absolute atomic E-state index is 1.10. The lowest BCUT2D eigenvalue weighted by Crippen LogP contribution is -2.10. The summed E-state index contributed by atoms with van der Waals surface area (Å²) in [6, 6.07) is 182. The second kappa shape index (κ2) is 33.7. The minimum Gasteiger partial charge on any atom is -0.311 e. The number of hydrogen-bond donors (Lipinski definition) is 0. The summed E-state index contributed by atoms with van der Waals surface area (Å²) in [5.74, 6) is 0. The van der Waals surface area contributed by atoms with Crippen molar-refractivity contribution in [3.05, 3.63) is 510 Å². The van der Waals surface area contributed by atoms with Crippen molar-refractivity contribution >= 4 is 127 Å². The van der Waals surface area contributed by atoms with Gasteiger partial charge in [-0.25, -0.2) is 0 Å². The van der Waals surface area contributed by atoms with Gasteiger partial charge in [0.25, 0.3) is 0 Å². The highest BCUT2D eigenvalue weighted by Crippen LogP contribution is 2.44. The molecule has 124 heavy (non-hydrogen) atoms. The molecule has 0 amide bonds. The number of benzene rings is 20. The maximum Gasteiger partial charge on any atom is 0.0547 e. The van der Waals surface area contributed by atoms with Crippen LogP contribution >= 0.6 is 0 Å². The Hall–Kier alpha value is -16.5. The van der Waals surface area contributed by atoms with Gasteiger partial charge < -0.3 is 28.4 Å². The fraction of sp³-hybridized carbons (Fsp3) is 0. The number of rotatable bonds is 16. The van der Waals surface area contributed by atoms with Crippen molar-refractivity contribution in [1.29, 1.82) is 0 Å². The van der Waals surface area contributed by atoms with E-state index < -0.39 is 0 Å². The Balaban J connectivity index is 0.000000116. The molecule has 3 heterocycles. The summed E-state index contributed by atoms with van der Waals surface area (Å²) in [5.41, 5.74) is 30.5. The molecule has 0 aliphatic heterocycles. The van der Waals surface area contributed by atoms with Crippen LogP contribution in [0.5, 0.6) is 0 Å². The third-order valence-corrected chi connectivity index (χ3v) is 23.8. The SMILES string of the molecule is c1ccc(-c2ccc(N(c3ccc(-c4ccccc4)cc3)c3ccc(-n4c5ccccc5c5c6ccccc6ccc54)cc3)cc2)cc1.c1ccc(-c2ccc(N(c3ccc(-c4ccccc4)cc3)c3ccc(-n4c5ccccc5c5ccccc54)cc3)cc2)cc1.c1ccc(N(c2ccccc2)c2ccc(-n3c4ccccc4c4ccccc43)cc2)cc1. The maximum atomic E-state index is 2.40. The van der Waals surface area contributed by atoms with E-state index in [0.717, 1.165) is 68.2 Å². The molecule has 0 spiro atoms. The van der Waals surface area contributed by atoms with Gasteiger partial charge in [-0.2, -0.15) is 0 Å². The summed E-state index contributed by atoms with van der Waals surface area (Å²) in [5, 5.41) is 10.2. The van der Waals surface area contributed by atoms with Crippen molar-refractivity contribution in [2.45, 2.75) is 0 Å². The maximum absolute atomic E-state index is 2.40. The monoisotopic (exact) mass is 1580 g/mol. The standard InChI is InChI=1S/C46H32N2.C42H30N2.C30H22N2/c1-3-11-33(12-4-1)35-19-24-38(25-20-35)47(39-26-21-36(22-27-39)34-13-5-2-6-14-34)40-28-30-41(31-29-40)48-44-18-10-9-17-43(44)46-42-16-8-7-15-37(42)23-32-45(46)48;1-3-11-31(12-4-1)33-19-23-35(24-20-33)43(36-25-21-34(22-26-36)32-13-5-2-6-14-32)37-27-29-38(30-28-37)44-41-17-9-7-15-39(41)40-16-8-10-18-42(40)44;1-3-11-23(12-4-1)31(24-13-5-2-6-14-24)25-19-21-26(22-20-25)32-29-17-9-7-15-27(29)28-16-8-10-18-30(28)32/h1-32H;1-30H;1-22H. The molecule has 586 valence electrons. The molecule has 0 bridgehead atoms. The first-order valence-electron chi connectivity index (χ1n) is 42.4. The van der Waals surface area contributed by atoms with Crippen LogP contribution < -0.4 is 14.7 Å². The minimum atomic E-state index is 1.10. The van der Waals surface area contributed by atoms with E-state index in [4.69, 9.17) is 0 Å². The van der Waals surface area contributed by atoms with Crippen molar-refractivity contribution in [2.75, 3.05) is 14.7 Å². The number of hydrogen-bond acceptors (Lipinski definition) is 3. The lowest BCUT2D eigenvalue weighted by Gasteiger charge is -2.26. The summed E-state index contributed by atoms with van der Waals surface area (Å²) in [7, 11) is 0. The molecule has 0 radical (unpaired) electrons. The molecule has 0 aliphatic carbocycles. The second-order valence-electron chi connectivity index (χ2n) is 31.2. The van der Waals surface area contributed by atoms with Crippen LogP contribution in [0.2, 0.25) is 0 Å². The van der Waals surface area contributed by atoms with Crippen LogP contribution in [0.15, 0.2) is 510 Å². The highest BCUT2D eigenvalue weighted by Gasteiger charge is 2.22. The van der Waals surface area contributed by atoms with Gasteiger partial charge in [0.05, 0.1) is 33.1 Å². The molecule has 23 aromatic rings. The van der Waals surface area contributed by atoms with Crippen molar-refractivity contribution in [3.8, 4) is 61.6 Å². The number of aromatic nitrogens is 3. The first-order valence-corrected chi connectivity index (χ1v) is 42.4. The predicted molar refractivity (Wildman–Crippen MR) is 526 cm³/mol. The number of anilines is 9. The zero-order valence-electron chi connectivity index (χ0n) is 68.2. The van der Waals surface area contributed by atoms with E-state index in [0.29, 0.717) is 0 Å². The smallest absolute Gasteiger partial charge is 0.0547 e. The molecule has 0 fully saturated rings. The molecule has 0 aliphatic rings. The highest BCUT2D eigenvalue weighted by molar-refractivity contribution is 6.21. The van der Waals surface area contributed by atoms with Crippen molar-refractivity contribution in [2.24, 2.45) is 0 Å². The number of para-hydroxylation sites is 7. The van der Waals surface area contributed by atoms with Crippen LogP contribution in [0.4, 0.5) is 51.2 Å². The van der Waals surface area contributed by atoms with Gasteiger partial charge >= 0.3 is 0 Å². The summed E-state index contributed by atoms with van der Waals surface area (Å²) >= 11 is 0. The van der Waals surface area contributed by atoms with Crippen LogP contribution in [-0.4, -0.2) is 13.7 Å². The van der Waals surface area contributed by atoms with E-state index in [2.05, 4.69) is 538 Å². The van der Waals surface area contributed by atoms with Crippen LogP contribution in [-0.2, 0) is 0 Å². The molecule has 0 atom stereocenters. The van der Waals surface area contributed by atoms with Crippen LogP contribution in [0.1, 0.15) is 0 Å². The Kier molecular flexibility index (Phi) is 20.4. The van der Waals surface area contributed by atoms with E-state index in [1.807, 2.05) is 0 Å². The Labute approximate surface area is 722 Å². The van der Waals surface area contributed by atoms with Gasteiger partial charge in [0, 0.05) is 101 Å². The van der Waals surface area contributed by atoms with Gasteiger partial charge in [-0.15, -0.1) is 0 Å². The fourth-order valence-electron chi connectivity index (χ4n) is 17.9.